The van der Waals surface area contributed by atoms with Crippen LogP contribution in [0.3, 0.4) is 0 Å². The van der Waals surface area contributed by atoms with Gasteiger partial charge in [-0.1, -0.05) is 42.5 Å². The number of esters is 1. The highest BCUT2D eigenvalue weighted by Crippen LogP contribution is 2.20. The summed E-state index contributed by atoms with van der Waals surface area (Å²) in [5, 5.41) is 4.83. The number of hydrogen-bond acceptors (Lipinski definition) is 4. The highest BCUT2D eigenvalue weighted by atomic mass is 16.6. The molecule has 3 aromatic rings. The largest absolute Gasteiger partial charge is 0.482 e. The van der Waals surface area contributed by atoms with Crippen LogP contribution in [-0.4, -0.2) is 25.1 Å². The number of amides is 1. The fourth-order valence-electron chi connectivity index (χ4n) is 2.67. The molecular weight excluding hydrogens is 342 g/mol. The van der Waals surface area contributed by atoms with Crippen LogP contribution in [0.25, 0.3) is 10.8 Å². The van der Waals surface area contributed by atoms with Gasteiger partial charge in [0.1, 0.15) is 5.75 Å². The summed E-state index contributed by atoms with van der Waals surface area (Å²) in [6.07, 6.45) is 0. The molecule has 0 radical (unpaired) electrons. The predicted octanol–water partition coefficient (Wildman–Crippen LogP) is 4.02. The Kier molecular flexibility index (Phi) is 5.71. The van der Waals surface area contributed by atoms with Gasteiger partial charge in [-0.3, -0.25) is 4.79 Å². The lowest BCUT2D eigenvalue weighted by Gasteiger charge is -2.11. The normalized spacial score (nSPS) is 10.4. The molecule has 0 bridgehead atoms. The van der Waals surface area contributed by atoms with Gasteiger partial charge in [-0.2, -0.15) is 0 Å². The molecule has 0 saturated carbocycles. The lowest BCUT2D eigenvalue weighted by Crippen LogP contribution is -2.23. The van der Waals surface area contributed by atoms with Gasteiger partial charge in [0.05, 0.1) is 0 Å². The monoisotopic (exact) mass is 363 g/mol. The van der Waals surface area contributed by atoms with Gasteiger partial charge in [-0.05, 0) is 53.9 Å². The first-order valence-corrected chi connectivity index (χ1v) is 8.66. The average Bonchev–Trinajstić information content (AvgIpc) is 2.67. The van der Waals surface area contributed by atoms with Crippen molar-refractivity contribution in [1.82, 2.24) is 0 Å². The van der Waals surface area contributed by atoms with E-state index in [4.69, 9.17) is 9.47 Å². The summed E-state index contributed by atoms with van der Waals surface area (Å²) in [4.78, 5) is 23.8. The van der Waals surface area contributed by atoms with Gasteiger partial charge in [0.25, 0.3) is 5.91 Å². The van der Waals surface area contributed by atoms with E-state index in [9.17, 15) is 9.59 Å². The summed E-state index contributed by atoms with van der Waals surface area (Å²) < 4.78 is 10.5. The van der Waals surface area contributed by atoms with Crippen LogP contribution >= 0.6 is 0 Å². The Balaban J connectivity index is 1.48. The van der Waals surface area contributed by atoms with Crippen LogP contribution in [0.15, 0.2) is 60.7 Å². The minimum Gasteiger partial charge on any atom is -0.482 e. The van der Waals surface area contributed by atoms with Gasteiger partial charge in [-0.15, -0.1) is 0 Å². The summed E-state index contributed by atoms with van der Waals surface area (Å²) in [5.41, 5.74) is 2.70. The molecule has 1 amide bonds. The third-order valence-corrected chi connectivity index (χ3v) is 4.30. The van der Waals surface area contributed by atoms with E-state index in [2.05, 4.69) is 5.32 Å². The SMILES string of the molecule is Cc1cccc(OCC(=O)OCC(=O)Nc2ccc3ccccc3c2)c1C. The average molecular weight is 363 g/mol. The molecule has 0 spiro atoms. The molecule has 5 nitrogen and oxygen atoms in total. The number of aryl methyl sites for hydroxylation is 1. The quantitative estimate of drug-likeness (QED) is 0.672. The smallest absolute Gasteiger partial charge is 0.344 e. The van der Waals surface area contributed by atoms with Crippen LogP contribution in [0.2, 0.25) is 0 Å². The molecule has 0 aliphatic carbocycles. The molecule has 0 unspecified atom stereocenters. The Morgan fingerprint density at radius 2 is 1.67 bits per heavy atom. The second kappa shape index (κ2) is 8.36. The molecule has 138 valence electrons. The highest BCUT2D eigenvalue weighted by Gasteiger charge is 2.10. The second-order valence-electron chi connectivity index (χ2n) is 6.26. The summed E-state index contributed by atoms with van der Waals surface area (Å²) in [7, 11) is 0. The van der Waals surface area contributed by atoms with Crippen molar-refractivity contribution in [1.29, 1.82) is 0 Å². The van der Waals surface area contributed by atoms with Crippen LogP contribution in [0.5, 0.6) is 5.75 Å². The molecular formula is C22H21NO4. The number of anilines is 1. The lowest BCUT2D eigenvalue weighted by atomic mass is 10.1. The van der Waals surface area contributed by atoms with E-state index in [1.165, 1.54) is 0 Å². The zero-order valence-electron chi connectivity index (χ0n) is 15.3. The number of fused-ring (bicyclic) bond motifs is 1. The number of benzene rings is 3. The lowest BCUT2D eigenvalue weighted by molar-refractivity contribution is -0.149. The molecule has 0 aliphatic rings. The van der Waals surface area contributed by atoms with E-state index in [1.54, 1.807) is 6.07 Å². The Hall–Kier alpha value is -3.34. The van der Waals surface area contributed by atoms with Crippen molar-refractivity contribution in [3.05, 3.63) is 71.8 Å². The third kappa shape index (κ3) is 4.85. The Morgan fingerprint density at radius 3 is 2.48 bits per heavy atom. The molecule has 0 aliphatic heterocycles. The fourth-order valence-corrected chi connectivity index (χ4v) is 2.67. The van der Waals surface area contributed by atoms with Gasteiger partial charge in [0.2, 0.25) is 0 Å². The maximum absolute atomic E-state index is 12.0. The van der Waals surface area contributed by atoms with Crippen LogP contribution in [-0.2, 0) is 14.3 Å². The third-order valence-electron chi connectivity index (χ3n) is 4.30. The molecule has 0 saturated heterocycles. The molecule has 0 atom stereocenters. The van der Waals surface area contributed by atoms with Gasteiger partial charge < -0.3 is 14.8 Å². The Morgan fingerprint density at radius 1 is 0.889 bits per heavy atom. The summed E-state index contributed by atoms with van der Waals surface area (Å²) in [5.74, 6) is -0.359. The zero-order chi connectivity index (χ0) is 19.2. The van der Waals surface area contributed by atoms with Crippen molar-refractivity contribution in [2.45, 2.75) is 13.8 Å². The molecule has 0 heterocycles. The minimum atomic E-state index is -0.593. The maximum atomic E-state index is 12.0. The van der Waals surface area contributed by atoms with Gasteiger partial charge >= 0.3 is 5.97 Å². The van der Waals surface area contributed by atoms with Gasteiger partial charge in [-0.25, -0.2) is 4.79 Å². The Labute approximate surface area is 157 Å². The van der Waals surface area contributed by atoms with Crippen LogP contribution < -0.4 is 10.1 Å². The van der Waals surface area contributed by atoms with Gasteiger partial charge in [0, 0.05) is 5.69 Å². The molecule has 0 fully saturated rings. The summed E-state index contributed by atoms with van der Waals surface area (Å²) in [6.45, 7) is 3.29. The maximum Gasteiger partial charge on any atom is 0.344 e. The number of nitrogens with one attached hydrogen (secondary N) is 1. The molecule has 3 aromatic carbocycles. The highest BCUT2D eigenvalue weighted by molar-refractivity contribution is 5.95. The summed E-state index contributed by atoms with van der Waals surface area (Å²) in [6, 6.07) is 19.1. The van der Waals surface area contributed by atoms with Crippen LogP contribution in [0, 0.1) is 13.8 Å². The fraction of sp³-hybridized carbons (Fsp3) is 0.182. The number of rotatable bonds is 6. The Bertz CT molecular complexity index is 981. The van der Waals surface area contributed by atoms with E-state index < -0.39 is 11.9 Å². The predicted molar refractivity (Wildman–Crippen MR) is 105 cm³/mol. The first-order chi connectivity index (χ1) is 13.0. The van der Waals surface area contributed by atoms with E-state index in [0.29, 0.717) is 11.4 Å². The first-order valence-electron chi connectivity index (χ1n) is 8.66. The van der Waals surface area contributed by atoms with Crippen molar-refractivity contribution >= 4 is 28.3 Å². The van der Waals surface area contributed by atoms with Crippen LogP contribution in [0.4, 0.5) is 5.69 Å². The number of carbonyl (C=O) groups excluding carboxylic acids is 2. The first kappa shape index (κ1) is 18.5. The standard InChI is InChI=1S/C22H21NO4/c1-15-6-5-9-20(16(15)2)26-14-22(25)27-13-21(24)23-19-11-10-17-7-3-4-8-18(17)12-19/h3-12H,13-14H2,1-2H3,(H,23,24). The topological polar surface area (TPSA) is 64.6 Å². The van der Waals surface area contributed by atoms with Crippen molar-refractivity contribution < 1.29 is 19.1 Å². The molecule has 1 N–H and O–H groups in total. The second-order valence-corrected chi connectivity index (χ2v) is 6.26. The van der Waals surface area contributed by atoms with E-state index >= 15 is 0 Å². The van der Waals surface area contributed by atoms with Crippen molar-refractivity contribution in [2.24, 2.45) is 0 Å². The minimum absolute atomic E-state index is 0.243. The van der Waals surface area contributed by atoms with E-state index in [0.717, 1.165) is 21.9 Å². The van der Waals surface area contributed by atoms with Gasteiger partial charge in [0.15, 0.2) is 13.2 Å². The van der Waals surface area contributed by atoms with Crippen molar-refractivity contribution in [3.8, 4) is 5.75 Å². The van der Waals surface area contributed by atoms with Crippen molar-refractivity contribution in [2.75, 3.05) is 18.5 Å². The molecule has 27 heavy (non-hydrogen) atoms. The summed E-state index contributed by atoms with van der Waals surface area (Å²) >= 11 is 0. The molecule has 3 rings (SSSR count). The number of hydrogen-bond donors (Lipinski definition) is 1. The van der Waals surface area contributed by atoms with Crippen molar-refractivity contribution in [3.63, 3.8) is 0 Å². The zero-order valence-corrected chi connectivity index (χ0v) is 15.3. The van der Waals surface area contributed by atoms with Crippen LogP contribution in [0.1, 0.15) is 11.1 Å². The van der Waals surface area contributed by atoms with E-state index in [-0.39, 0.29) is 13.2 Å². The molecule has 5 heteroatoms. The number of ether oxygens (including phenoxy) is 2. The van der Waals surface area contributed by atoms with E-state index in [1.807, 2.05) is 68.4 Å². The number of carbonyl (C=O) groups is 2. The molecule has 0 aromatic heterocycles.